The van der Waals surface area contributed by atoms with Crippen molar-refractivity contribution in [1.29, 1.82) is 0 Å². The van der Waals surface area contributed by atoms with Crippen molar-refractivity contribution in [3.8, 4) is 21.8 Å². The average molecular weight is 355 g/mol. The molecule has 3 aromatic carbocycles. The zero-order valence-corrected chi connectivity index (χ0v) is 14.5. The number of benzene rings is 3. The van der Waals surface area contributed by atoms with Crippen molar-refractivity contribution in [3.05, 3.63) is 88.6 Å². The van der Waals surface area contributed by atoms with Gasteiger partial charge in [-0.05, 0) is 22.9 Å². The quantitative estimate of drug-likeness (QED) is 0.300. The second kappa shape index (κ2) is 5.93. The van der Waals surface area contributed by atoms with Crippen molar-refractivity contribution >= 4 is 33.1 Å². The van der Waals surface area contributed by atoms with Crippen LogP contribution in [0.5, 0.6) is 0 Å². The minimum Gasteiger partial charge on any atom is -0.422 e. The van der Waals surface area contributed by atoms with E-state index in [0.717, 1.165) is 26.7 Å². The summed E-state index contributed by atoms with van der Waals surface area (Å²) in [6.07, 6.45) is 0. The first kappa shape index (κ1) is 15.0. The van der Waals surface area contributed by atoms with Crippen molar-refractivity contribution in [2.45, 2.75) is 0 Å². The molecule has 0 saturated heterocycles. The summed E-state index contributed by atoms with van der Waals surface area (Å²) in [5, 5.41) is 5.90. The van der Waals surface area contributed by atoms with Crippen LogP contribution in [0.25, 0.3) is 43.6 Å². The fraction of sp³-hybridized carbons (Fsp3) is 0. The van der Waals surface area contributed by atoms with Crippen molar-refractivity contribution in [3.63, 3.8) is 0 Å². The molecule has 0 atom stereocenters. The highest BCUT2D eigenvalue weighted by molar-refractivity contribution is 7.13. The van der Waals surface area contributed by atoms with Crippen LogP contribution in [0.1, 0.15) is 0 Å². The molecule has 0 unspecified atom stereocenters. The zero-order chi connectivity index (χ0) is 17.5. The summed E-state index contributed by atoms with van der Waals surface area (Å²) in [5.41, 5.74) is 2.41. The van der Waals surface area contributed by atoms with E-state index in [4.69, 9.17) is 4.42 Å². The molecule has 124 valence electrons. The molecule has 26 heavy (non-hydrogen) atoms. The van der Waals surface area contributed by atoms with E-state index in [2.05, 4.69) is 11.1 Å². The first-order valence-electron chi connectivity index (χ1n) is 8.26. The second-order valence-electron chi connectivity index (χ2n) is 6.05. The highest BCUT2D eigenvalue weighted by Gasteiger charge is 2.13. The third kappa shape index (κ3) is 2.43. The number of rotatable bonds is 2. The van der Waals surface area contributed by atoms with Crippen LogP contribution in [0.15, 0.2) is 87.4 Å². The van der Waals surface area contributed by atoms with Crippen LogP contribution in [0.4, 0.5) is 0 Å². The zero-order valence-electron chi connectivity index (χ0n) is 13.7. The second-order valence-corrected chi connectivity index (χ2v) is 6.91. The summed E-state index contributed by atoms with van der Waals surface area (Å²) in [4.78, 5) is 17.2. The van der Waals surface area contributed by atoms with Crippen LogP contribution < -0.4 is 5.63 Å². The van der Waals surface area contributed by atoms with Crippen LogP contribution >= 0.6 is 11.3 Å². The monoisotopic (exact) mass is 355 g/mol. The molecule has 2 heterocycles. The Hall–Kier alpha value is -3.24. The molecular formula is C22H13NO2S. The fourth-order valence-electron chi connectivity index (χ4n) is 3.16. The maximum absolute atomic E-state index is 12.5. The third-order valence-electron chi connectivity index (χ3n) is 4.44. The maximum Gasteiger partial charge on any atom is 0.345 e. The van der Waals surface area contributed by atoms with Gasteiger partial charge in [0.2, 0.25) is 0 Å². The van der Waals surface area contributed by atoms with Crippen LogP contribution in [0, 0.1) is 0 Å². The summed E-state index contributed by atoms with van der Waals surface area (Å²) in [7, 11) is 0. The highest BCUT2D eigenvalue weighted by atomic mass is 32.1. The molecule has 0 aliphatic carbocycles. The first-order chi connectivity index (χ1) is 12.8. The van der Waals surface area contributed by atoms with Gasteiger partial charge in [-0.15, -0.1) is 11.3 Å². The van der Waals surface area contributed by atoms with Crippen molar-refractivity contribution in [2.24, 2.45) is 0 Å². The van der Waals surface area contributed by atoms with E-state index in [0.29, 0.717) is 16.8 Å². The molecule has 4 heteroatoms. The number of fused-ring (bicyclic) bond motifs is 3. The van der Waals surface area contributed by atoms with Crippen LogP contribution in [0.2, 0.25) is 0 Å². The van der Waals surface area contributed by atoms with Gasteiger partial charge in [0, 0.05) is 16.3 Å². The lowest BCUT2D eigenvalue weighted by Crippen LogP contribution is -2.03. The van der Waals surface area contributed by atoms with Gasteiger partial charge < -0.3 is 4.42 Å². The van der Waals surface area contributed by atoms with Gasteiger partial charge in [0.15, 0.2) is 0 Å². The standard InChI is InChI=1S/C22H13NO2S/c24-22-18(19-13-26-21(23-19)15-7-2-1-3-8-15)12-17-16-9-5-4-6-14(16)10-11-20(17)25-22/h1-13H. The summed E-state index contributed by atoms with van der Waals surface area (Å²) >= 11 is 1.52. The molecule has 0 aliphatic rings. The van der Waals surface area contributed by atoms with Gasteiger partial charge in [0.05, 0.1) is 11.3 Å². The molecule has 2 aromatic heterocycles. The number of nitrogens with zero attached hydrogens (tertiary/aromatic N) is 1. The van der Waals surface area contributed by atoms with Crippen LogP contribution in [-0.4, -0.2) is 4.98 Å². The number of hydrogen-bond acceptors (Lipinski definition) is 4. The third-order valence-corrected chi connectivity index (χ3v) is 5.33. The molecule has 0 amide bonds. The van der Waals surface area contributed by atoms with Gasteiger partial charge in [-0.3, -0.25) is 0 Å². The Bertz CT molecular complexity index is 1300. The van der Waals surface area contributed by atoms with Crippen molar-refractivity contribution < 1.29 is 4.42 Å². The van der Waals surface area contributed by atoms with E-state index in [-0.39, 0.29) is 5.63 Å². The van der Waals surface area contributed by atoms with Crippen molar-refractivity contribution in [2.75, 3.05) is 0 Å². The average Bonchev–Trinajstić information content (AvgIpc) is 3.18. The molecule has 0 fully saturated rings. The number of aromatic nitrogens is 1. The molecule has 0 N–H and O–H groups in total. The minimum atomic E-state index is -0.363. The van der Waals surface area contributed by atoms with E-state index in [1.54, 1.807) is 0 Å². The number of hydrogen-bond donors (Lipinski definition) is 0. The molecule has 0 spiro atoms. The van der Waals surface area contributed by atoms with Gasteiger partial charge in [-0.2, -0.15) is 0 Å². The SMILES string of the molecule is O=c1oc2ccc3ccccc3c2cc1-c1csc(-c2ccccc2)n1. The number of thiazole rings is 1. The first-order valence-corrected chi connectivity index (χ1v) is 9.14. The predicted octanol–water partition coefficient (Wildman–Crippen LogP) is 5.74. The Morgan fingerprint density at radius 2 is 1.65 bits per heavy atom. The molecule has 0 radical (unpaired) electrons. The molecule has 0 saturated carbocycles. The highest BCUT2D eigenvalue weighted by Crippen LogP contribution is 2.31. The molecule has 5 rings (SSSR count). The maximum atomic E-state index is 12.5. The van der Waals surface area contributed by atoms with Crippen LogP contribution in [0.3, 0.4) is 0 Å². The van der Waals surface area contributed by atoms with Crippen molar-refractivity contribution in [1.82, 2.24) is 4.98 Å². The molecule has 0 aliphatic heterocycles. The smallest absolute Gasteiger partial charge is 0.345 e. The Balaban J connectivity index is 1.72. The Labute approximate surface area is 153 Å². The van der Waals surface area contributed by atoms with E-state index in [1.165, 1.54) is 11.3 Å². The van der Waals surface area contributed by atoms with Gasteiger partial charge in [-0.25, -0.2) is 9.78 Å². The topological polar surface area (TPSA) is 43.1 Å². The molecular weight excluding hydrogens is 342 g/mol. The lowest BCUT2D eigenvalue weighted by atomic mass is 10.0. The molecule has 0 bridgehead atoms. The van der Waals surface area contributed by atoms with E-state index < -0.39 is 0 Å². The lowest BCUT2D eigenvalue weighted by Gasteiger charge is -2.04. The summed E-state index contributed by atoms with van der Waals surface area (Å²) < 4.78 is 5.58. The molecule has 3 nitrogen and oxygen atoms in total. The normalized spacial score (nSPS) is 11.2. The minimum absolute atomic E-state index is 0.363. The summed E-state index contributed by atoms with van der Waals surface area (Å²) in [5.74, 6) is 0. The van der Waals surface area contributed by atoms with E-state index >= 15 is 0 Å². The molecule has 5 aromatic rings. The van der Waals surface area contributed by atoms with Gasteiger partial charge in [0.1, 0.15) is 10.6 Å². The van der Waals surface area contributed by atoms with E-state index in [9.17, 15) is 4.79 Å². The van der Waals surface area contributed by atoms with Crippen LogP contribution in [-0.2, 0) is 0 Å². The van der Waals surface area contributed by atoms with Gasteiger partial charge in [0.25, 0.3) is 0 Å². The predicted molar refractivity (Wildman–Crippen MR) is 107 cm³/mol. The Morgan fingerprint density at radius 1 is 0.846 bits per heavy atom. The van der Waals surface area contributed by atoms with Gasteiger partial charge >= 0.3 is 5.63 Å². The van der Waals surface area contributed by atoms with Gasteiger partial charge in [-0.1, -0.05) is 60.7 Å². The van der Waals surface area contributed by atoms with E-state index in [1.807, 2.05) is 72.1 Å². The Kier molecular flexibility index (Phi) is 3.43. The summed E-state index contributed by atoms with van der Waals surface area (Å²) in [6, 6.07) is 23.7. The fourth-order valence-corrected chi connectivity index (χ4v) is 3.99. The largest absolute Gasteiger partial charge is 0.422 e. The lowest BCUT2D eigenvalue weighted by molar-refractivity contribution is 0.563. The summed E-state index contributed by atoms with van der Waals surface area (Å²) in [6.45, 7) is 0. The Morgan fingerprint density at radius 3 is 2.54 bits per heavy atom.